The van der Waals surface area contributed by atoms with Crippen molar-refractivity contribution in [2.24, 2.45) is 0 Å². The molecule has 1 aromatic heterocycles. The van der Waals surface area contributed by atoms with Crippen LogP contribution in [-0.2, 0) is 4.79 Å². The third-order valence-electron chi connectivity index (χ3n) is 4.48. The molecule has 0 bridgehead atoms. The van der Waals surface area contributed by atoms with E-state index in [4.69, 9.17) is 0 Å². The Balaban J connectivity index is 2.18. The number of hydrogen-bond acceptors (Lipinski definition) is 4. The predicted molar refractivity (Wildman–Crippen MR) is 95.2 cm³/mol. The van der Waals surface area contributed by atoms with E-state index in [1.54, 1.807) is 24.2 Å². The van der Waals surface area contributed by atoms with Crippen molar-refractivity contribution in [2.75, 3.05) is 31.6 Å². The van der Waals surface area contributed by atoms with Crippen molar-refractivity contribution in [1.82, 2.24) is 15.2 Å². The number of hydrogen-bond donors (Lipinski definition) is 1. The molecule has 0 spiro atoms. The first-order valence-electron chi connectivity index (χ1n) is 8.79. The average Bonchev–Trinajstić information content (AvgIpc) is 2.61. The Labute approximate surface area is 144 Å². The Morgan fingerprint density at radius 1 is 1.42 bits per heavy atom. The standard InChI is InChI=1S/C18H28N4O2/c1-4-10-21(13-17(23)19-3)18(24)15-8-9-20-16(12-15)22-11-6-5-7-14(22)2/h8-9,12,14H,4-7,10-11,13H2,1-3H3,(H,19,23). The van der Waals surface area contributed by atoms with E-state index in [-0.39, 0.29) is 18.4 Å². The van der Waals surface area contributed by atoms with E-state index >= 15 is 0 Å². The molecule has 0 radical (unpaired) electrons. The number of nitrogens with one attached hydrogen (secondary N) is 1. The van der Waals surface area contributed by atoms with Crippen LogP contribution in [-0.4, -0.2) is 54.4 Å². The minimum atomic E-state index is -0.157. The Bertz CT molecular complexity index is 576. The highest BCUT2D eigenvalue weighted by Crippen LogP contribution is 2.23. The van der Waals surface area contributed by atoms with Gasteiger partial charge in [0.2, 0.25) is 5.91 Å². The number of amides is 2. The minimum absolute atomic E-state index is 0.0843. The molecule has 132 valence electrons. The van der Waals surface area contributed by atoms with Gasteiger partial charge in [-0.15, -0.1) is 0 Å². The Hall–Kier alpha value is -2.11. The van der Waals surface area contributed by atoms with Crippen LogP contribution in [0.5, 0.6) is 0 Å². The Morgan fingerprint density at radius 2 is 2.21 bits per heavy atom. The van der Waals surface area contributed by atoms with Gasteiger partial charge in [-0.3, -0.25) is 9.59 Å². The SMILES string of the molecule is CCCN(CC(=O)NC)C(=O)c1ccnc(N2CCCCC2C)c1. The van der Waals surface area contributed by atoms with Gasteiger partial charge in [-0.05, 0) is 44.7 Å². The van der Waals surface area contributed by atoms with Crippen molar-refractivity contribution in [2.45, 2.75) is 45.6 Å². The number of likely N-dealkylation sites (N-methyl/N-ethyl adjacent to an activating group) is 1. The number of carbonyl (C=O) groups excluding carboxylic acids is 2. The van der Waals surface area contributed by atoms with E-state index in [1.165, 1.54) is 6.42 Å². The summed E-state index contributed by atoms with van der Waals surface area (Å²) in [5.41, 5.74) is 0.593. The minimum Gasteiger partial charge on any atom is -0.358 e. The van der Waals surface area contributed by atoms with E-state index in [1.807, 2.05) is 13.0 Å². The van der Waals surface area contributed by atoms with Gasteiger partial charge >= 0.3 is 0 Å². The second-order valence-corrected chi connectivity index (χ2v) is 6.34. The van der Waals surface area contributed by atoms with Gasteiger partial charge in [-0.1, -0.05) is 6.92 Å². The van der Waals surface area contributed by atoms with E-state index in [2.05, 4.69) is 22.1 Å². The van der Waals surface area contributed by atoms with Crippen LogP contribution in [0.25, 0.3) is 0 Å². The fourth-order valence-electron chi connectivity index (χ4n) is 3.10. The van der Waals surface area contributed by atoms with Gasteiger partial charge in [0.25, 0.3) is 5.91 Å². The van der Waals surface area contributed by atoms with Gasteiger partial charge in [0.05, 0.1) is 6.54 Å². The van der Waals surface area contributed by atoms with Gasteiger partial charge in [0.1, 0.15) is 5.82 Å². The van der Waals surface area contributed by atoms with Gasteiger partial charge in [-0.2, -0.15) is 0 Å². The largest absolute Gasteiger partial charge is 0.358 e. The fourth-order valence-corrected chi connectivity index (χ4v) is 3.10. The zero-order chi connectivity index (χ0) is 17.5. The predicted octanol–water partition coefficient (Wildman–Crippen LogP) is 2.06. The van der Waals surface area contributed by atoms with Crippen molar-refractivity contribution in [3.63, 3.8) is 0 Å². The van der Waals surface area contributed by atoms with Crippen LogP contribution in [0.4, 0.5) is 5.82 Å². The van der Waals surface area contributed by atoms with Crippen molar-refractivity contribution in [3.05, 3.63) is 23.9 Å². The van der Waals surface area contributed by atoms with Crippen LogP contribution in [0.2, 0.25) is 0 Å². The fraction of sp³-hybridized carbons (Fsp3) is 0.611. The molecule has 0 aromatic carbocycles. The van der Waals surface area contributed by atoms with Crippen LogP contribution >= 0.6 is 0 Å². The molecule has 1 aromatic rings. The maximum atomic E-state index is 12.8. The van der Waals surface area contributed by atoms with Crippen LogP contribution in [0.1, 0.15) is 49.9 Å². The molecule has 1 saturated heterocycles. The number of piperidine rings is 1. The molecule has 6 heteroatoms. The first-order valence-corrected chi connectivity index (χ1v) is 8.79. The second kappa shape index (κ2) is 8.66. The molecular weight excluding hydrogens is 304 g/mol. The molecule has 2 heterocycles. The number of aromatic nitrogens is 1. The third kappa shape index (κ3) is 4.46. The average molecular weight is 332 g/mol. The molecular formula is C18H28N4O2. The van der Waals surface area contributed by atoms with Crippen LogP contribution in [0.3, 0.4) is 0 Å². The lowest BCUT2D eigenvalue weighted by molar-refractivity contribution is -0.121. The monoisotopic (exact) mass is 332 g/mol. The number of pyridine rings is 1. The molecule has 1 aliphatic heterocycles. The van der Waals surface area contributed by atoms with E-state index < -0.39 is 0 Å². The smallest absolute Gasteiger partial charge is 0.254 e. The van der Waals surface area contributed by atoms with E-state index in [0.29, 0.717) is 18.2 Å². The summed E-state index contributed by atoms with van der Waals surface area (Å²) in [6.07, 6.45) is 6.05. The molecule has 1 atom stereocenters. The van der Waals surface area contributed by atoms with Crippen LogP contribution in [0, 0.1) is 0 Å². The maximum Gasteiger partial charge on any atom is 0.254 e. The molecule has 1 fully saturated rings. The van der Waals surface area contributed by atoms with Crippen molar-refractivity contribution >= 4 is 17.6 Å². The van der Waals surface area contributed by atoms with Gasteiger partial charge < -0.3 is 15.1 Å². The van der Waals surface area contributed by atoms with Crippen molar-refractivity contribution < 1.29 is 9.59 Å². The Kier molecular flexibility index (Phi) is 6.58. The second-order valence-electron chi connectivity index (χ2n) is 6.34. The summed E-state index contributed by atoms with van der Waals surface area (Å²) in [6.45, 7) is 5.82. The lowest BCUT2D eigenvalue weighted by atomic mass is 10.0. The van der Waals surface area contributed by atoms with Gasteiger partial charge in [-0.25, -0.2) is 4.98 Å². The zero-order valence-corrected chi connectivity index (χ0v) is 14.9. The van der Waals surface area contributed by atoms with E-state index in [0.717, 1.165) is 31.6 Å². The summed E-state index contributed by atoms with van der Waals surface area (Å²) in [6, 6.07) is 4.03. The van der Waals surface area contributed by atoms with Crippen molar-refractivity contribution in [3.8, 4) is 0 Å². The molecule has 1 aliphatic rings. The zero-order valence-electron chi connectivity index (χ0n) is 14.9. The highest BCUT2D eigenvalue weighted by molar-refractivity contribution is 5.97. The number of nitrogens with zero attached hydrogens (tertiary/aromatic N) is 3. The van der Waals surface area contributed by atoms with Crippen LogP contribution in [0.15, 0.2) is 18.3 Å². The summed E-state index contributed by atoms with van der Waals surface area (Å²) in [5.74, 6) is 0.578. The van der Waals surface area contributed by atoms with Gasteiger partial charge in [0, 0.05) is 37.9 Å². The lowest BCUT2D eigenvalue weighted by Crippen LogP contribution is -2.40. The lowest BCUT2D eigenvalue weighted by Gasteiger charge is -2.34. The summed E-state index contributed by atoms with van der Waals surface area (Å²) in [4.78, 5) is 32.8. The number of anilines is 1. The molecule has 24 heavy (non-hydrogen) atoms. The first kappa shape index (κ1) is 18.2. The molecule has 2 rings (SSSR count). The molecule has 2 amide bonds. The Morgan fingerprint density at radius 3 is 2.88 bits per heavy atom. The highest BCUT2D eigenvalue weighted by Gasteiger charge is 2.22. The summed E-state index contributed by atoms with van der Waals surface area (Å²) < 4.78 is 0. The topological polar surface area (TPSA) is 65.5 Å². The van der Waals surface area contributed by atoms with Gasteiger partial charge in [0.15, 0.2) is 0 Å². The maximum absolute atomic E-state index is 12.8. The van der Waals surface area contributed by atoms with Crippen LogP contribution < -0.4 is 10.2 Å². The first-order chi connectivity index (χ1) is 11.6. The quantitative estimate of drug-likeness (QED) is 0.866. The van der Waals surface area contributed by atoms with Crippen molar-refractivity contribution in [1.29, 1.82) is 0 Å². The number of carbonyl (C=O) groups is 2. The normalized spacial score (nSPS) is 17.5. The summed E-state index contributed by atoms with van der Waals surface area (Å²) in [7, 11) is 1.58. The molecule has 6 nitrogen and oxygen atoms in total. The molecule has 1 unspecified atom stereocenters. The number of rotatable bonds is 6. The third-order valence-corrected chi connectivity index (χ3v) is 4.48. The molecule has 0 aliphatic carbocycles. The summed E-state index contributed by atoms with van der Waals surface area (Å²) in [5, 5.41) is 2.58. The highest BCUT2D eigenvalue weighted by atomic mass is 16.2. The van der Waals surface area contributed by atoms with E-state index in [9.17, 15) is 9.59 Å². The summed E-state index contributed by atoms with van der Waals surface area (Å²) >= 11 is 0. The molecule has 0 saturated carbocycles. The molecule has 1 N–H and O–H groups in total.